The largest absolute Gasteiger partial charge is 0.484 e. The summed E-state index contributed by atoms with van der Waals surface area (Å²) in [4.78, 5) is 36.3. The van der Waals surface area contributed by atoms with Crippen molar-refractivity contribution in [3.8, 4) is 5.75 Å². The SMILES string of the molecule is O=C(O)CN1C(=O)[C@@H](CNC(=O)COc2ccccc2)C1=C=Cc1ccco1. The molecular weight excluding hydrogens is 364 g/mol. The Morgan fingerprint density at radius 1 is 1.25 bits per heavy atom. The summed E-state index contributed by atoms with van der Waals surface area (Å²) in [5, 5.41) is 11.6. The van der Waals surface area contributed by atoms with Crippen LogP contribution in [0.2, 0.25) is 0 Å². The van der Waals surface area contributed by atoms with Gasteiger partial charge in [0.1, 0.15) is 24.0 Å². The highest BCUT2D eigenvalue weighted by atomic mass is 16.5. The van der Waals surface area contributed by atoms with Crippen LogP contribution in [0.15, 0.2) is 64.6 Å². The number of likely N-dealkylation sites (tertiary alicyclic amines) is 1. The van der Waals surface area contributed by atoms with E-state index in [0.717, 1.165) is 4.90 Å². The number of carboxylic acids is 1. The molecule has 1 aromatic carbocycles. The average Bonchev–Trinajstić information content (AvgIpc) is 3.21. The van der Waals surface area contributed by atoms with E-state index in [9.17, 15) is 14.4 Å². The van der Waals surface area contributed by atoms with Crippen molar-refractivity contribution in [1.29, 1.82) is 0 Å². The van der Waals surface area contributed by atoms with Gasteiger partial charge in [0.25, 0.3) is 5.91 Å². The fourth-order valence-electron chi connectivity index (χ4n) is 2.66. The number of carboxylic acid groups (broad SMARTS) is 1. The summed E-state index contributed by atoms with van der Waals surface area (Å²) in [7, 11) is 0. The molecular formula is C20H18N2O6. The number of nitrogens with one attached hydrogen (secondary N) is 1. The van der Waals surface area contributed by atoms with Gasteiger partial charge in [-0.2, -0.15) is 0 Å². The quantitative estimate of drug-likeness (QED) is 0.529. The van der Waals surface area contributed by atoms with Gasteiger partial charge in [-0.1, -0.05) is 23.9 Å². The van der Waals surface area contributed by atoms with E-state index in [1.54, 1.807) is 36.4 Å². The van der Waals surface area contributed by atoms with E-state index in [4.69, 9.17) is 14.3 Å². The Kier molecular flexibility index (Phi) is 5.94. The number of carbonyl (C=O) groups is 3. The minimum Gasteiger partial charge on any atom is -0.484 e. The van der Waals surface area contributed by atoms with Crippen LogP contribution in [0, 0.1) is 5.92 Å². The molecule has 0 bridgehead atoms. The molecule has 8 nitrogen and oxygen atoms in total. The molecule has 0 spiro atoms. The highest BCUT2D eigenvalue weighted by molar-refractivity contribution is 5.94. The first-order valence-corrected chi connectivity index (χ1v) is 8.52. The number of nitrogens with zero attached hydrogens (tertiary/aromatic N) is 1. The number of rotatable bonds is 8. The van der Waals surface area contributed by atoms with Crippen molar-refractivity contribution in [1.82, 2.24) is 10.2 Å². The van der Waals surface area contributed by atoms with Crippen molar-refractivity contribution in [3.05, 3.63) is 65.9 Å². The minimum absolute atomic E-state index is 0.0280. The lowest BCUT2D eigenvalue weighted by Crippen LogP contribution is -2.55. The number of carbonyl (C=O) groups excluding carboxylic acids is 2. The molecule has 0 unspecified atom stereocenters. The first-order chi connectivity index (χ1) is 13.5. The maximum absolute atomic E-state index is 12.2. The molecule has 1 saturated heterocycles. The van der Waals surface area contributed by atoms with Gasteiger partial charge >= 0.3 is 5.97 Å². The van der Waals surface area contributed by atoms with Gasteiger partial charge in [-0.15, -0.1) is 0 Å². The number of aliphatic carboxylic acids is 1. The average molecular weight is 382 g/mol. The molecule has 2 heterocycles. The molecule has 8 heteroatoms. The standard InChI is InChI=1S/C20H18N2O6/c23-18(13-28-14-5-2-1-3-6-14)21-11-16-17(9-8-15-7-4-10-27-15)22(20(16)26)12-19(24)25/h1-8,10,16H,11-13H2,(H,21,23)(H,24,25)/t9?,16-/m0/s1. The summed E-state index contributed by atoms with van der Waals surface area (Å²) >= 11 is 0. The van der Waals surface area contributed by atoms with E-state index in [1.807, 2.05) is 6.07 Å². The molecule has 0 saturated carbocycles. The highest BCUT2D eigenvalue weighted by Crippen LogP contribution is 2.29. The first-order valence-electron chi connectivity index (χ1n) is 8.52. The van der Waals surface area contributed by atoms with E-state index in [1.165, 1.54) is 12.3 Å². The van der Waals surface area contributed by atoms with Crippen molar-refractivity contribution >= 4 is 23.9 Å². The Morgan fingerprint density at radius 2 is 2.04 bits per heavy atom. The molecule has 3 rings (SSSR count). The summed E-state index contributed by atoms with van der Waals surface area (Å²) in [6, 6.07) is 12.3. The van der Waals surface area contributed by atoms with Crippen LogP contribution in [-0.2, 0) is 14.4 Å². The van der Waals surface area contributed by atoms with Crippen LogP contribution in [0.25, 0.3) is 6.08 Å². The number of furan rings is 1. The third-order valence-electron chi connectivity index (χ3n) is 4.00. The van der Waals surface area contributed by atoms with Crippen molar-refractivity contribution in [2.75, 3.05) is 19.7 Å². The molecule has 0 radical (unpaired) electrons. The van der Waals surface area contributed by atoms with Crippen molar-refractivity contribution in [2.45, 2.75) is 0 Å². The number of benzene rings is 1. The molecule has 1 aromatic heterocycles. The minimum atomic E-state index is -1.13. The van der Waals surface area contributed by atoms with Crippen molar-refractivity contribution in [2.24, 2.45) is 5.92 Å². The van der Waals surface area contributed by atoms with Gasteiger partial charge < -0.3 is 19.6 Å². The maximum Gasteiger partial charge on any atom is 0.323 e. The van der Waals surface area contributed by atoms with E-state index in [2.05, 4.69) is 11.0 Å². The second-order valence-electron chi connectivity index (χ2n) is 5.97. The molecule has 1 fully saturated rings. The van der Waals surface area contributed by atoms with Crippen LogP contribution < -0.4 is 10.1 Å². The van der Waals surface area contributed by atoms with Crippen LogP contribution in [0.1, 0.15) is 5.76 Å². The van der Waals surface area contributed by atoms with Crippen LogP contribution in [0.5, 0.6) is 5.75 Å². The molecule has 2 amide bonds. The Hall–Kier alpha value is -3.77. The van der Waals surface area contributed by atoms with Gasteiger partial charge in [-0.05, 0) is 24.3 Å². The molecule has 1 aliphatic heterocycles. The number of para-hydroxylation sites is 1. The lowest BCUT2D eigenvalue weighted by atomic mass is 9.93. The fraction of sp³-hybridized carbons (Fsp3) is 0.200. The topological polar surface area (TPSA) is 109 Å². The first kappa shape index (κ1) is 19.0. The normalized spacial score (nSPS) is 15.4. The van der Waals surface area contributed by atoms with E-state index in [-0.39, 0.29) is 25.0 Å². The predicted octanol–water partition coefficient (Wildman–Crippen LogP) is 1.51. The van der Waals surface area contributed by atoms with Crippen LogP contribution in [0.3, 0.4) is 0 Å². The molecule has 2 aromatic rings. The number of β-lactam (4-membered cyclic amide) rings is 1. The van der Waals surface area contributed by atoms with E-state index in [0.29, 0.717) is 17.2 Å². The zero-order valence-corrected chi connectivity index (χ0v) is 14.8. The second kappa shape index (κ2) is 8.75. The molecule has 1 aliphatic rings. The third-order valence-corrected chi connectivity index (χ3v) is 4.00. The fourth-order valence-corrected chi connectivity index (χ4v) is 2.66. The third kappa shape index (κ3) is 4.69. The zero-order chi connectivity index (χ0) is 19.9. The zero-order valence-electron chi connectivity index (χ0n) is 14.8. The Morgan fingerprint density at radius 3 is 2.71 bits per heavy atom. The summed E-state index contributed by atoms with van der Waals surface area (Å²) < 4.78 is 10.5. The Bertz CT molecular complexity index is 913. The summed E-state index contributed by atoms with van der Waals surface area (Å²) in [6.07, 6.45) is 3.01. The number of hydrogen-bond donors (Lipinski definition) is 2. The summed E-state index contributed by atoms with van der Waals surface area (Å²) in [5.41, 5.74) is 3.28. The molecule has 0 aliphatic carbocycles. The number of ether oxygens (including phenoxy) is 1. The Balaban J connectivity index is 1.61. The smallest absolute Gasteiger partial charge is 0.323 e. The predicted molar refractivity (Wildman–Crippen MR) is 98.0 cm³/mol. The van der Waals surface area contributed by atoms with E-state index < -0.39 is 18.4 Å². The summed E-state index contributed by atoms with van der Waals surface area (Å²) in [5.74, 6) is -1.51. The van der Waals surface area contributed by atoms with Crippen molar-refractivity contribution < 1.29 is 28.6 Å². The summed E-state index contributed by atoms with van der Waals surface area (Å²) in [6.45, 7) is -0.625. The van der Waals surface area contributed by atoms with Gasteiger partial charge in [0.15, 0.2) is 6.61 Å². The molecule has 28 heavy (non-hydrogen) atoms. The molecule has 2 N–H and O–H groups in total. The van der Waals surface area contributed by atoms with Gasteiger partial charge in [-0.3, -0.25) is 19.3 Å². The number of amides is 2. The molecule has 1 atom stereocenters. The van der Waals surface area contributed by atoms with Gasteiger partial charge in [0, 0.05) is 12.6 Å². The molecule has 144 valence electrons. The number of hydrogen-bond acceptors (Lipinski definition) is 5. The van der Waals surface area contributed by atoms with Crippen LogP contribution >= 0.6 is 0 Å². The van der Waals surface area contributed by atoms with Gasteiger partial charge in [0.2, 0.25) is 5.91 Å². The monoisotopic (exact) mass is 382 g/mol. The van der Waals surface area contributed by atoms with Crippen molar-refractivity contribution in [3.63, 3.8) is 0 Å². The maximum atomic E-state index is 12.2. The Labute approximate surface area is 160 Å². The van der Waals surface area contributed by atoms with Gasteiger partial charge in [0.05, 0.1) is 12.0 Å². The van der Waals surface area contributed by atoms with Crippen LogP contribution in [0.4, 0.5) is 0 Å². The highest BCUT2D eigenvalue weighted by Gasteiger charge is 2.43. The lowest BCUT2D eigenvalue weighted by molar-refractivity contribution is -0.150. The second-order valence-corrected chi connectivity index (χ2v) is 5.97. The van der Waals surface area contributed by atoms with E-state index >= 15 is 0 Å². The van der Waals surface area contributed by atoms with Gasteiger partial charge in [-0.25, -0.2) is 0 Å². The van der Waals surface area contributed by atoms with Crippen LogP contribution in [-0.4, -0.2) is 47.5 Å². The lowest BCUT2D eigenvalue weighted by Gasteiger charge is -2.39.